The number of benzene rings is 2. The fourth-order valence-electron chi connectivity index (χ4n) is 3.45. The zero-order valence-electron chi connectivity index (χ0n) is 16.8. The van der Waals surface area contributed by atoms with E-state index in [-0.39, 0.29) is 11.6 Å². The van der Waals surface area contributed by atoms with E-state index in [9.17, 15) is 8.78 Å². The van der Waals surface area contributed by atoms with Crippen molar-refractivity contribution in [1.82, 2.24) is 4.90 Å². The molecule has 1 saturated heterocycles. The molecule has 2 aromatic rings. The van der Waals surface area contributed by atoms with Crippen LogP contribution in [0.5, 0.6) is 0 Å². The van der Waals surface area contributed by atoms with Crippen molar-refractivity contribution in [3.8, 4) is 6.07 Å². The molecule has 0 unspecified atom stereocenters. The molecule has 1 aliphatic heterocycles. The van der Waals surface area contributed by atoms with E-state index in [2.05, 4.69) is 26.4 Å². The van der Waals surface area contributed by atoms with Gasteiger partial charge in [0.25, 0.3) is 0 Å². The lowest BCUT2D eigenvalue weighted by Gasteiger charge is -2.36. The van der Waals surface area contributed by atoms with Gasteiger partial charge in [0.05, 0.1) is 23.2 Å². The normalized spacial score (nSPS) is 15.3. The van der Waals surface area contributed by atoms with E-state index in [1.165, 1.54) is 18.2 Å². The topological polar surface area (TPSA) is 54.7 Å². The van der Waals surface area contributed by atoms with Crippen LogP contribution < -0.4 is 10.3 Å². The summed E-state index contributed by atoms with van der Waals surface area (Å²) in [6.45, 7) is 7.64. The summed E-state index contributed by atoms with van der Waals surface area (Å²) in [6.07, 6.45) is 0.521. The smallest absolute Gasteiger partial charge is 0.147 e. The molecule has 5 nitrogen and oxygen atoms in total. The van der Waals surface area contributed by atoms with E-state index in [0.29, 0.717) is 23.5 Å². The molecular weight excluding hydrogens is 372 g/mol. The van der Waals surface area contributed by atoms with E-state index in [0.717, 1.165) is 43.9 Å². The van der Waals surface area contributed by atoms with Crippen molar-refractivity contribution in [2.24, 2.45) is 5.10 Å². The average Bonchev–Trinajstić information content (AvgIpc) is 2.73. The highest BCUT2D eigenvalue weighted by molar-refractivity contribution is 6.00. The molecule has 0 amide bonds. The van der Waals surface area contributed by atoms with Crippen molar-refractivity contribution in [2.45, 2.75) is 20.3 Å². The highest BCUT2D eigenvalue weighted by Gasteiger charge is 2.20. The Kier molecular flexibility index (Phi) is 6.78. The number of hydrogen-bond donors (Lipinski definition) is 1. The van der Waals surface area contributed by atoms with Crippen LogP contribution in [0, 0.1) is 29.9 Å². The molecular formula is C22H25F2N5. The fraction of sp³-hybridized carbons (Fsp3) is 0.364. The van der Waals surface area contributed by atoms with Gasteiger partial charge in [-0.3, -0.25) is 10.3 Å². The summed E-state index contributed by atoms with van der Waals surface area (Å²) in [7, 11) is 0. The lowest BCUT2D eigenvalue weighted by atomic mass is 10.0. The van der Waals surface area contributed by atoms with Crippen molar-refractivity contribution in [3.05, 3.63) is 59.2 Å². The Hall–Kier alpha value is -2.98. The maximum absolute atomic E-state index is 14.9. The van der Waals surface area contributed by atoms with Gasteiger partial charge in [0.15, 0.2) is 0 Å². The Morgan fingerprint density at radius 1 is 1.14 bits per heavy atom. The lowest BCUT2D eigenvalue weighted by molar-refractivity contribution is 0.263. The molecule has 3 rings (SSSR count). The molecule has 1 fully saturated rings. The van der Waals surface area contributed by atoms with Crippen LogP contribution in [0.2, 0.25) is 0 Å². The summed E-state index contributed by atoms with van der Waals surface area (Å²) in [5.74, 6) is -0.581. The Labute approximate surface area is 170 Å². The zero-order chi connectivity index (χ0) is 20.8. The fourth-order valence-corrected chi connectivity index (χ4v) is 3.45. The molecule has 0 bridgehead atoms. The van der Waals surface area contributed by atoms with Gasteiger partial charge in [-0.2, -0.15) is 10.4 Å². The number of piperazine rings is 1. The van der Waals surface area contributed by atoms with Crippen molar-refractivity contribution in [1.29, 1.82) is 5.26 Å². The molecule has 7 heteroatoms. The molecule has 0 saturated carbocycles. The van der Waals surface area contributed by atoms with Gasteiger partial charge in [-0.1, -0.05) is 0 Å². The number of rotatable bonds is 6. The summed E-state index contributed by atoms with van der Waals surface area (Å²) < 4.78 is 27.9. The van der Waals surface area contributed by atoms with Gasteiger partial charge >= 0.3 is 0 Å². The third-order valence-corrected chi connectivity index (χ3v) is 5.13. The standard InChI is InChI=1S/C22H25F2N5/c1-16-14-22(29-12-10-28(11-13-29)9-3-8-25)21(24)15-20(16)17(2)26-27-19-6-4-18(23)5-7-19/h4-7,14-15,27H,3,9-13H2,1-2H3/b26-17+. The van der Waals surface area contributed by atoms with Crippen molar-refractivity contribution < 1.29 is 8.78 Å². The second-order valence-corrected chi connectivity index (χ2v) is 7.17. The van der Waals surface area contributed by atoms with Gasteiger partial charge in [0, 0.05) is 44.7 Å². The van der Waals surface area contributed by atoms with Gasteiger partial charge in [-0.05, 0) is 55.8 Å². The van der Waals surface area contributed by atoms with Gasteiger partial charge in [0.2, 0.25) is 0 Å². The summed E-state index contributed by atoms with van der Waals surface area (Å²) in [5.41, 5.74) is 6.46. The monoisotopic (exact) mass is 397 g/mol. The first kappa shape index (κ1) is 20.7. The largest absolute Gasteiger partial charge is 0.367 e. The number of hydrogen-bond acceptors (Lipinski definition) is 5. The second-order valence-electron chi connectivity index (χ2n) is 7.17. The van der Waals surface area contributed by atoms with Crippen molar-refractivity contribution >= 4 is 17.1 Å². The number of hydrazone groups is 1. The highest BCUT2D eigenvalue weighted by atomic mass is 19.1. The molecule has 1 N–H and O–H groups in total. The van der Waals surface area contributed by atoms with E-state index >= 15 is 0 Å². The zero-order valence-corrected chi connectivity index (χ0v) is 16.8. The van der Waals surface area contributed by atoms with Crippen LogP contribution in [0.25, 0.3) is 0 Å². The van der Waals surface area contributed by atoms with Crippen molar-refractivity contribution in [3.63, 3.8) is 0 Å². The molecule has 1 heterocycles. The molecule has 2 aromatic carbocycles. The van der Waals surface area contributed by atoms with Crippen LogP contribution in [0.1, 0.15) is 24.5 Å². The minimum atomic E-state index is -0.310. The first-order valence-electron chi connectivity index (χ1n) is 9.68. The lowest BCUT2D eigenvalue weighted by Crippen LogP contribution is -2.46. The maximum atomic E-state index is 14.9. The van der Waals surface area contributed by atoms with Crippen LogP contribution >= 0.6 is 0 Å². The van der Waals surface area contributed by atoms with Crippen LogP contribution in [0.4, 0.5) is 20.2 Å². The molecule has 0 aromatic heterocycles. The second kappa shape index (κ2) is 9.48. The van der Waals surface area contributed by atoms with Gasteiger partial charge < -0.3 is 4.90 Å². The molecule has 0 atom stereocenters. The van der Waals surface area contributed by atoms with Crippen molar-refractivity contribution in [2.75, 3.05) is 43.0 Å². The predicted molar refractivity (Wildman–Crippen MR) is 112 cm³/mol. The average molecular weight is 397 g/mol. The predicted octanol–water partition coefficient (Wildman–Crippen LogP) is 4.15. The number of anilines is 2. The van der Waals surface area contributed by atoms with Crippen LogP contribution in [-0.4, -0.2) is 43.3 Å². The van der Waals surface area contributed by atoms with Crippen LogP contribution in [0.15, 0.2) is 41.5 Å². The minimum absolute atomic E-state index is 0.271. The van der Waals surface area contributed by atoms with Gasteiger partial charge in [0.1, 0.15) is 11.6 Å². The summed E-state index contributed by atoms with van der Waals surface area (Å²) in [6, 6.07) is 11.5. The molecule has 0 spiro atoms. The highest BCUT2D eigenvalue weighted by Crippen LogP contribution is 2.25. The van der Waals surface area contributed by atoms with E-state index < -0.39 is 0 Å². The first-order chi connectivity index (χ1) is 14.0. The van der Waals surface area contributed by atoms with Crippen LogP contribution in [0.3, 0.4) is 0 Å². The Morgan fingerprint density at radius 3 is 2.48 bits per heavy atom. The number of nitriles is 1. The van der Waals surface area contributed by atoms with Gasteiger partial charge in [-0.15, -0.1) is 0 Å². The number of nitrogens with zero attached hydrogens (tertiary/aromatic N) is 4. The minimum Gasteiger partial charge on any atom is -0.367 e. The first-order valence-corrected chi connectivity index (χ1v) is 9.68. The Balaban J connectivity index is 1.69. The third kappa shape index (κ3) is 5.30. The molecule has 0 aliphatic carbocycles. The number of halogens is 2. The molecule has 1 aliphatic rings. The quantitative estimate of drug-likeness (QED) is 0.588. The maximum Gasteiger partial charge on any atom is 0.147 e. The SMILES string of the molecule is C/C(=N\Nc1ccc(F)cc1)c1cc(F)c(N2CCN(CCC#N)CC2)cc1C. The summed E-state index contributed by atoms with van der Waals surface area (Å²) in [5, 5.41) is 13.0. The van der Waals surface area contributed by atoms with E-state index in [1.807, 2.05) is 19.9 Å². The Bertz CT molecular complexity index is 910. The molecule has 29 heavy (non-hydrogen) atoms. The van der Waals surface area contributed by atoms with E-state index in [4.69, 9.17) is 5.26 Å². The molecule has 152 valence electrons. The van der Waals surface area contributed by atoms with Crippen LogP contribution in [-0.2, 0) is 0 Å². The Morgan fingerprint density at radius 2 is 1.83 bits per heavy atom. The number of aryl methyl sites for hydroxylation is 1. The summed E-state index contributed by atoms with van der Waals surface area (Å²) in [4.78, 5) is 4.29. The van der Waals surface area contributed by atoms with Gasteiger partial charge in [-0.25, -0.2) is 8.78 Å². The summed E-state index contributed by atoms with van der Waals surface area (Å²) >= 11 is 0. The third-order valence-electron chi connectivity index (χ3n) is 5.13. The molecule has 0 radical (unpaired) electrons. The van der Waals surface area contributed by atoms with E-state index in [1.54, 1.807) is 12.1 Å². The number of nitrogens with one attached hydrogen (secondary N) is 1.